The fourth-order valence-electron chi connectivity index (χ4n) is 2.79. The number of rotatable bonds is 6. The maximum absolute atomic E-state index is 12.4. The van der Waals surface area contributed by atoms with Crippen LogP contribution >= 0.6 is 9.24 Å². The average molecular weight is 406 g/mol. The Hall–Kier alpha value is -2.97. The van der Waals surface area contributed by atoms with E-state index in [0.29, 0.717) is 28.2 Å². The van der Waals surface area contributed by atoms with Crippen LogP contribution in [0.1, 0.15) is 44.3 Å². The summed E-state index contributed by atoms with van der Waals surface area (Å²) in [5.41, 5.74) is 3.85. The fourth-order valence-corrected chi connectivity index (χ4v) is 3.06. The summed E-state index contributed by atoms with van der Waals surface area (Å²) in [7, 11) is 2.64. The molecular formula is C24H23O4P. The molecule has 0 amide bonds. The highest BCUT2D eigenvalue weighted by Gasteiger charge is 2.14. The second kappa shape index (κ2) is 9.49. The predicted octanol–water partition coefficient (Wildman–Crippen LogP) is 5.37. The summed E-state index contributed by atoms with van der Waals surface area (Å²) in [5, 5.41) is 0. The van der Waals surface area contributed by atoms with Crippen LogP contribution in [0.4, 0.5) is 0 Å². The minimum absolute atomic E-state index is 0.395. The van der Waals surface area contributed by atoms with E-state index in [1.165, 1.54) is 5.56 Å². The Morgan fingerprint density at radius 2 is 1.38 bits per heavy atom. The lowest BCUT2D eigenvalue weighted by molar-refractivity contribution is 0.0730. The van der Waals surface area contributed by atoms with Crippen molar-refractivity contribution in [3.8, 4) is 11.5 Å². The second-order valence-electron chi connectivity index (χ2n) is 6.66. The molecule has 0 saturated heterocycles. The van der Waals surface area contributed by atoms with E-state index in [9.17, 15) is 9.59 Å². The molecule has 0 aliphatic carbocycles. The molecule has 0 fully saturated rings. The standard InChI is InChI=1S/C24H23O4P/c1-3-17-6-11-21(12-7-17)27-24(26)20-10-13-22(16(2)14-20)28-23(25)19-8-4-18(15-29)5-9-19/h4-14H,3,15,29H2,1-2H3. The van der Waals surface area contributed by atoms with Crippen LogP contribution in [0.2, 0.25) is 0 Å². The SMILES string of the molecule is CCc1ccc(OC(=O)c2ccc(OC(=O)c3ccc(CP)cc3)c(C)c2)cc1. The Morgan fingerprint density at radius 1 is 0.793 bits per heavy atom. The Labute approximate surface area is 173 Å². The summed E-state index contributed by atoms with van der Waals surface area (Å²) in [6, 6.07) is 19.6. The third-order valence-corrected chi connectivity index (χ3v) is 5.05. The minimum Gasteiger partial charge on any atom is -0.423 e. The van der Waals surface area contributed by atoms with E-state index in [4.69, 9.17) is 9.47 Å². The third kappa shape index (κ3) is 5.30. The van der Waals surface area contributed by atoms with E-state index in [1.54, 1.807) is 49.4 Å². The monoisotopic (exact) mass is 406 g/mol. The van der Waals surface area contributed by atoms with Crippen LogP contribution in [-0.2, 0) is 12.6 Å². The van der Waals surface area contributed by atoms with E-state index < -0.39 is 11.9 Å². The molecule has 0 aromatic heterocycles. The molecule has 0 saturated carbocycles. The quantitative estimate of drug-likeness (QED) is 0.314. The molecule has 148 valence electrons. The summed E-state index contributed by atoms with van der Waals surface area (Å²) in [5.74, 6) is 0.0150. The van der Waals surface area contributed by atoms with Gasteiger partial charge in [-0.1, -0.05) is 31.2 Å². The lowest BCUT2D eigenvalue weighted by Crippen LogP contribution is -2.11. The molecule has 3 aromatic rings. The van der Waals surface area contributed by atoms with E-state index in [0.717, 1.165) is 18.1 Å². The van der Waals surface area contributed by atoms with Gasteiger partial charge in [0.05, 0.1) is 11.1 Å². The van der Waals surface area contributed by atoms with Crippen LogP contribution in [-0.4, -0.2) is 11.9 Å². The maximum atomic E-state index is 12.4. The van der Waals surface area contributed by atoms with Crippen LogP contribution < -0.4 is 9.47 Å². The fraction of sp³-hybridized carbons (Fsp3) is 0.167. The van der Waals surface area contributed by atoms with Crippen LogP contribution in [0.15, 0.2) is 66.7 Å². The summed E-state index contributed by atoms with van der Waals surface area (Å²) in [4.78, 5) is 24.8. The summed E-state index contributed by atoms with van der Waals surface area (Å²) in [6.45, 7) is 3.85. The predicted molar refractivity (Wildman–Crippen MR) is 117 cm³/mol. The number of ether oxygens (including phenoxy) is 2. The van der Waals surface area contributed by atoms with Crippen molar-refractivity contribution in [3.05, 3.63) is 94.5 Å². The van der Waals surface area contributed by atoms with Gasteiger partial charge in [-0.05, 0) is 78.7 Å². The van der Waals surface area contributed by atoms with E-state index in [-0.39, 0.29) is 0 Å². The number of hydrogen-bond acceptors (Lipinski definition) is 4. The molecule has 0 heterocycles. The summed E-state index contributed by atoms with van der Waals surface area (Å²) < 4.78 is 10.9. The molecule has 5 heteroatoms. The van der Waals surface area contributed by atoms with Gasteiger partial charge < -0.3 is 9.47 Å². The Balaban J connectivity index is 1.68. The van der Waals surface area contributed by atoms with Crippen molar-refractivity contribution in [2.24, 2.45) is 0 Å². The molecule has 4 nitrogen and oxygen atoms in total. The summed E-state index contributed by atoms with van der Waals surface area (Å²) >= 11 is 0. The van der Waals surface area contributed by atoms with Crippen molar-refractivity contribution >= 4 is 21.2 Å². The molecule has 3 rings (SSSR count). The molecule has 0 bridgehead atoms. The smallest absolute Gasteiger partial charge is 0.343 e. The molecule has 0 radical (unpaired) electrons. The first-order chi connectivity index (χ1) is 14.0. The third-order valence-electron chi connectivity index (χ3n) is 4.58. The molecule has 0 spiro atoms. The van der Waals surface area contributed by atoms with Crippen molar-refractivity contribution < 1.29 is 19.1 Å². The molecular weight excluding hydrogens is 383 g/mol. The zero-order chi connectivity index (χ0) is 20.8. The van der Waals surface area contributed by atoms with Crippen molar-refractivity contribution in [1.29, 1.82) is 0 Å². The number of hydrogen-bond donors (Lipinski definition) is 0. The van der Waals surface area contributed by atoms with Gasteiger partial charge in [0.1, 0.15) is 11.5 Å². The van der Waals surface area contributed by atoms with Gasteiger partial charge in [-0.2, -0.15) is 0 Å². The van der Waals surface area contributed by atoms with Crippen molar-refractivity contribution in [2.45, 2.75) is 26.4 Å². The molecule has 0 aliphatic rings. The number of carbonyl (C=O) groups excluding carboxylic acids is 2. The van der Waals surface area contributed by atoms with Crippen molar-refractivity contribution in [3.63, 3.8) is 0 Å². The highest BCUT2D eigenvalue weighted by molar-refractivity contribution is 7.15. The lowest BCUT2D eigenvalue weighted by atomic mass is 10.1. The van der Waals surface area contributed by atoms with Gasteiger partial charge in [0.15, 0.2) is 0 Å². The topological polar surface area (TPSA) is 52.6 Å². The van der Waals surface area contributed by atoms with Gasteiger partial charge in [0.2, 0.25) is 0 Å². The summed E-state index contributed by atoms with van der Waals surface area (Å²) in [6.07, 6.45) is 1.75. The van der Waals surface area contributed by atoms with Crippen molar-refractivity contribution in [1.82, 2.24) is 0 Å². The molecule has 0 aliphatic heterocycles. The zero-order valence-electron chi connectivity index (χ0n) is 16.5. The maximum Gasteiger partial charge on any atom is 0.343 e. The minimum atomic E-state index is -0.455. The van der Waals surface area contributed by atoms with Gasteiger partial charge in [0, 0.05) is 0 Å². The normalized spacial score (nSPS) is 10.4. The van der Waals surface area contributed by atoms with Gasteiger partial charge in [-0.3, -0.25) is 0 Å². The van der Waals surface area contributed by atoms with Gasteiger partial charge in [-0.25, -0.2) is 9.59 Å². The Bertz CT molecular complexity index is 1010. The van der Waals surface area contributed by atoms with Gasteiger partial charge >= 0.3 is 11.9 Å². The average Bonchev–Trinajstić information content (AvgIpc) is 2.75. The number of aryl methyl sites for hydroxylation is 2. The van der Waals surface area contributed by atoms with Gasteiger partial charge in [0.25, 0.3) is 0 Å². The number of esters is 2. The first-order valence-electron chi connectivity index (χ1n) is 9.43. The van der Waals surface area contributed by atoms with E-state index in [2.05, 4.69) is 16.2 Å². The number of benzene rings is 3. The Morgan fingerprint density at radius 3 is 1.97 bits per heavy atom. The first-order valence-corrected chi connectivity index (χ1v) is 10.2. The second-order valence-corrected chi connectivity index (χ2v) is 7.07. The molecule has 1 atom stereocenters. The first kappa shape index (κ1) is 20.8. The molecule has 3 aromatic carbocycles. The van der Waals surface area contributed by atoms with Crippen LogP contribution in [0.3, 0.4) is 0 Å². The highest BCUT2D eigenvalue weighted by Crippen LogP contribution is 2.22. The lowest BCUT2D eigenvalue weighted by Gasteiger charge is -2.10. The van der Waals surface area contributed by atoms with Crippen molar-refractivity contribution in [2.75, 3.05) is 0 Å². The van der Waals surface area contributed by atoms with Crippen LogP contribution in [0.25, 0.3) is 0 Å². The number of carbonyl (C=O) groups is 2. The largest absolute Gasteiger partial charge is 0.423 e. The van der Waals surface area contributed by atoms with E-state index >= 15 is 0 Å². The molecule has 29 heavy (non-hydrogen) atoms. The highest BCUT2D eigenvalue weighted by atomic mass is 31.0. The van der Waals surface area contributed by atoms with E-state index in [1.807, 2.05) is 24.3 Å². The van der Waals surface area contributed by atoms with Gasteiger partial charge in [-0.15, -0.1) is 9.24 Å². The molecule has 1 unspecified atom stereocenters. The van der Waals surface area contributed by atoms with Crippen LogP contribution in [0.5, 0.6) is 11.5 Å². The Kier molecular flexibility index (Phi) is 6.79. The van der Waals surface area contributed by atoms with Crippen LogP contribution in [0, 0.1) is 6.92 Å². The zero-order valence-corrected chi connectivity index (χ0v) is 17.6. The molecule has 0 N–H and O–H groups in total.